The molecule has 0 aliphatic heterocycles. The van der Waals surface area contributed by atoms with Gasteiger partial charge in [0.25, 0.3) is 0 Å². The van der Waals surface area contributed by atoms with Gasteiger partial charge in [-0.05, 0) is 53.2 Å². The Kier molecular flexibility index (Phi) is 8.43. The Hall–Kier alpha value is -1.78. The van der Waals surface area contributed by atoms with Gasteiger partial charge in [0.15, 0.2) is 0 Å². The number of amides is 1. The molecule has 5 nitrogen and oxygen atoms in total. The number of carbonyl (C=O) groups is 1. The maximum Gasteiger partial charge on any atom is 0.407 e. The van der Waals surface area contributed by atoms with Crippen molar-refractivity contribution in [2.24, 2.45) is 4.99 Å². The van der Waals surface area contributed by atoms with Crippen LogP contribution in [0.4, 0.5) is 4.79 Å². The molecule has 0 rings (SSSR count). The van der Waals surface area contributed by atoms with Gasteiger partial charge in [-0.2, -0.15) is 0 Å². The van der Waals surface area contributed by atoms with Crippen molar-refractivity contribution in [1.82, 2.24) is 5.32 Å². The average molecular weight is 296 g/mol. The van der Waals surface area contributed by atoms with Crippen molar-refractivity contribution in [2.45, 2.75) is 53.6 Å². The standard InChI is InChI=1S/C16H28N2O3/c1-8-12(3)10-13(18-14(9-2)20-7)11-17-15(19)21-16(4,5)6/h9-10H,8,11H2,1-7H3,(H,17,19)/b12-10+,14-9+,18-13-. The van der Waals surface area contributed by atoms with E-state index in [1.54, 1.807) is 13.2 Å². The van der Waals surface area contributed by atoms with Crippen LogP contribution in [0.25, 0.3) is 0 Å². The first-order valence-corrected chi connectivity index (χ1v) is 7.13. The summed E-state index contributed by atoms with van der Waals surface area (Å²) in [5.41, 5.74) is 1.37. The summed E-state index contributed by atoms with van der Waals surface area (Å²) >= 11 is 0. The number of hydrogen-bond donors (Lipinski definition) is 1. The predicted molar refractivity (Wildman–Crippen MR) is 86.5 cm³/mol. The molecule has 0 bridgehead atoms. The second-order valence-corrected chi connectivity index (χ2v) is 5.63. The fourth-order valence-corrected chi connectivity index (χ4v) is 1.36. The Morgan fingerprint density at radius 3 is 2.38 bits per heavy atom. The van der Waals surface area contributed by atoms with Crippen LogP contribution in [0.2, 0.25) is 0 Å². The van der Waals surface area contributed by atoms with Crippen molar-refractivity contribution in [2.75, 3.05) is 13.7 Å². The third-order valence-electron chi connectivity index (χ3n) is 2.49. The van der Waals surface area contributed by atoms with E-state index < -0.39 is 11.7 Å². The van der Waals surface area contributed by atoms with Crippen LogP contribution in [0, 0.1) is 0 Å². The van der Waals surface area contributed by atoms with E-state index in [1.807, 2.05) is 40.7 Å². The fraction of sp³-hybridized carbons (Fsp3) is 0.625. The van der Waals surface area contributed by atoms with Gasteiger partial charge in [0, 0.05) is 0 Å². The zero-order chi connectivity index (χ0) is 16.5. The van der Waals surface area contributed by atoms with Gasteiger partial charge in [0.1, 0.15) is 5.60 Å². The molecule has 120 valence electrons. The Morgan fingerprint density at radius 1 is 1.33 bits per heavy atom. The molecule has 0 saturated heterocycles. The van der Waals surface area contributed by atoms with E-state index in [0.717, 1.165) is 12.1 Å². The molecule has 5 heteroatoms. The summed E-state index contributed by atoms with van der Waals surface area (Å²) in [4.78, 5) is 16.1. The molecular formula is C16H28N2O3. The van der Waals surface area contributed by atoms with Gasteiger partial charge < -0.3 is 14.8 Å². The first kappa shape index (κ1) is 19.2. The molecule has 0 spiro atoms. The minimum atomic E-state index is -0.516. The summed E-state index contributed by atoms with van der Waals surface area (Å²) in [6.07, 6.45) is 4.17. The van der Waals surface area contributed by atoms with E-state index in [1.165, 1.54) is 5.57 Å². The van der Waals surface area contributed by atoms with Crippen LogP contribution in [0.15, 0.2) is 28.6 Å². The normalized spacial score (nSPS) is 14.0. The van der Waals surface area contributed by atoms with Crippen LogP contribution in [-0.2, 0) is 9.47 Å². The van der Waals surface area contributed by atoms with E-state index in [2.05, 4.69) is 17.2 Å². The van der Waals surface area contributed by atoms with Crippen molar-refractivity contribution in [3.05, 3.63) is 23.6 Å². The van der Waals surface area contributed by atoms with E-state index >= 15 is 0 Å². The van der Waals surface area contributed by atoms with Crippen LogP contribution >= 0.6 is 0 Å². The lowest BCUT2D eigenvalue weighted by molar-refractivity contribution is 0.0536. The molecule has 1 N–H and O–H groups in total. The van der Waals surface area contributed by atoms with Crippen LogP contribution in [0.1, 0.15) is 48.0 Å². The number of carbonyl (C=O) groups excluding carboxylic acids is 1. The van der Waals surface area contributed by atoms with Crippen molar-refractivity contribution < 1.29 is 14.3 Å². The highest BCUT2D eigenvalue weighted by Crippen LogP contribution is 2.07. The van der Waals surface area contributed by atoms with E-state index in [0.29, 0.717) is 5.88 Å². The minimum absolute atomic E-state index is 0.285. The Bertz CT molecular complexity index is 429. The van der Waals surface area contributed by atoms with Gasteiger partial charge in [-0.3, -0.25) is 0 Å². The maximum atomic E-state index is 11.7. The van der Waals surface area contributed by atoms with Crippen molar-refractivity contribution in [1.29, 1.82) is 0 Å². The summed E-state index contributed by atoms with van der Waals surface area (Å²) in [7, 11) is 1.56. The van der Waals surface area contributed by atoms with Gasteiger partial charge in [0.2, 0.25) is 5.88 Å². The number of allylic oxidation sites excluding steroid dienone is 2. The van der Waals surface area contributed by atoms with Gasteiger partial charge in [-0.15, -0.1) is 0 Å². The first-order valence-electron chi connectivity index (χ1n) is 7.13. The summed E-state index contributed by atoms with van der Waals surface area (Å²) < 4.78 is 10.3. The lowest BCUT2D eigenvalue weighted by Crippen LogP contribution is -2.35. The summed E-state index contributed by atoms with van der Waals surface area (Å²) in [6, 6.07) is 0. The van der Waals surface area contributed by atoms with E-state index in [9.17, 15) is 4.79 Å². The summed E-state index contributed by atoms with van der Waals surface area (Å²) in [5.74, 6) is 0.510. The van der Waals surface area contributed by atoms with Crippen molar-refractivity contribution in [3.8, 4) is 0 Å². The highest BCUT2D eigenvalue weighted by molar-refractivity contribution is 5.99. The first-order chi connectivity index (χ1) is 9.71. The number of rotatable bonds is 6. The monoisotopic (exact) mass is 296 g/mol. The second kappa shape index (κ2) is 9.21. The number of alkyl carbamates (subject to hydrolysis) is 1. The number of hydrogen-bond acceptors (Lipinski definition) is 4. The molecule has 21 heavy (non-hydrogen) atoms. The van der Waals surface area contributed by atoms with Crippen LogP contribution in [-0.4, -0.2) is 31.1 Å². The molecule has 0 aliphatic rings. The van der Waals surface area contributed by atoms with Gasteiger partial charge in [0.05, 0.1) is 19.4 Å². The SMILES string of the molecule is C\C=C(/N=C(/C=C(\C)CC)CNC(=O)OC(C)(C)C)OC. The third kappa shape index (κ3) is 9.71. The number of nitrogens with one attached hydrogen (secondary N) is 1. The molecule has 0 aromatic rings. The number of aliphatic imine (C=N–C) groups is 1. The Balaban J connectivity index is 4.90. The topological polar surface area (TPSA) is 59.9 Å². The number of ether oxygens (including phenoxy) is 2. The predicted octanol–water partition coefficient (Wildman–Crippen LogP) is 3.82. The van der Waals surface area contributed by atoms with E-state index in [4.69, 9.17) is 9.47 Å². The number of methoxy groups -OCH3 is 1. The molecule has 0 atom stereocenters. The van der Waals surface area contributed by atoms with Gasteiger partial charge in [-0.25, -0.2) is 9.79 Å². The van der Waals surface area contributed by atoms with Crippen molar-refractivity contribution in [3.63, 3.8) is 0 Å². The molecule has 0 aliphatic carbocycles. The van der Waals surface area contributed by atoms with Gasteiger partial charge >= 0.3 is 6.09 Å². The van der Waals surface area contributed by atoms with Crippen LogP contribution in [0.3, 0.4) is 0 Å². The van der Waals surface area contributed by atoms with Gasteiger partial charge in [-0.1, -0.05) is 12.5 Å². The Labute approximate surface area is 128 Å². The molecule has 0 aromatic heterocycles. The molecule has 0 fully saturated rings. The molecule has 0 saturated carbocycles. The molecule has 0 aromatic carbocycles. The number of nitrogens with zero attached hydrogens (tertiary/aromatic N) is 1. The maximum absolute atomic E-state index is 11.7. The zero-order valence-electron chi connectivity index (χ0n) is 14.2. The molecule has 0 unspecified atom stereocenters. The van der Waals surface area contributed by atoms with Crippen LogP contribution in [0.5, 0.6) is 0 Å². The smallest absolute Gasteiger partial charge is 0.407 e. The largest absolute Gasteiger partial charge is 0.481 e. The van der Waals surface area contributed by atoms with Crippen LogP contribution < -0.4 is 5.32 Å². The highest BCUT2D eigenvalue weighted by atomic mass is 16.6. The quantitative estimate of drug-likeness (QED) is 0.599. The Morgan fingerprint density at radius 2 is 1.95 bits per heavy atom. The second-order valence-electron chi connectivity index (χ2n) is 5.63. The van der Waals surface area contributed by atoms with E-state index in [-0.39, 0.29) is 6.54 Å². The highest BCUT2D eigenvalue weighted by Gasteiger charge is 2.16. The fourth-order valence-electron chi connectivity index (χ4n) is 1.36. The summed E-state index contributed by atoms with van der Waals surface area (Å²) in [5, 5.41) is 2.70. The van der Waals surface area contributed by atoms with Crippen molar-refractivity contribution >= 4 is 11.8 Å². The lowest BCUT2D eigenvalue weighted by Gasteiger charge is -2.19. The molecular weight excluding hydrogens is 268 g/mol. The third-order valence-corrected chi connectivity index (χ3v) is 2.49. The lowest BCUT2D eigenvalue weighted by atomic mass is 10.2. The molecule has 1 amide bonds. The molecule has 0 radical (unpaired) electrons. The minimum Gasteiger partial charge on any atom is -0.481 e. The average Bonchev–Trinajstić information content (AvgIpc) is 2.39. The molecule has 0 heterocycles. The summed E-state index contributed by atoms with van der Waals surface area (Å²) in [6.45, 7) is 11.7. The zero-order valence-corrected chi connectivity index (χ0v) is 14.2.